The maximum Gasteiger partial charge on any atom is 0.260 e. The van der Waals surface area contributed by atoms with Crippen LogP contribution in [-0.4, -0.2) is 24.5 Å². The van der Waals surface area contributed by atoms with Gasteiger partial charge in [-0.3, -0.25) is 14.4 Å². The molecule has 6 nitrogen and oxygen atoms in total. The number of nitrogens with one attached hydrogen (secondary N) is 1. The van der Waals surface area contributed by atoms with Crippen LogP contribution in [-0.2, 0) is 14.4 Å². The first-order valence-corrected chi connectivity index (χ1v) is 2.99. The predicted molar refractivity (Wildman–Crippen MR) is 36.9 cm³/mol. The van der Waals surface area contributed by atoms with Gasteiger partial charge in [-0.05, 0) is 6.92 Å². The Morgan fingerprint density at radius 1 is 1.64 bits per heavy atom. The fourth-order valence-electron chi connectivity index (χ4n) is 0.271. The smallest absolute Gasteiger partial charge is 0.260 e. The molecule has 0 aromatic heterocycles. The standard InChI is InChI=1S/C5H11N3O3/c1-3(6)5(10)8-11-2-4(7)9/h3H,2,6H2,1H3,(H2,7,9)(H,8,10). The van der Waals surface area contributed by atoms with Gasteiger partial charge in [0.1, 0.15) is 0 Å². The van der Waals surface area contributed by atoms with E-state index in [1.54, 1.807) is 0 Å². The Balaban J connectivity index is 3.39. The minimum atomic E-state index is -0.664. The minimum Gasteiger partial charge on any atom is -0.368 e. The van der Waals surface area contributed by atoms with Crippen molar-refractivity contribution in [1.82, 2.24) is 5.48 Å². The molecule has 1 unspecified atom stereocenters. The normalized spacial score (nSPS) is 12.2. The molecular formula is C5H11N3O3. The molecule has 6 heteroatoms. The summed E-state index contributed by atoms with van der Waals surface area (Å²) in [4.78, 5) is 25.0. The number of hydrogen-bond donors (Lipinski definition) is 3. The number of hydroxylamine groups is 1. The predicted octanol–water partition coefficient (Wildman–Crippen LogP) is -2.13. The molecule has 0 aliphatic carbocycles. The van der Waals surface area contributed by atoms with Gasteiger partial charge in [-0.25, -0.2) is 5.48 Å². The molecule has 0 rings (SSSR count). The quantitative estimate of drug-likeness (QED) is 0.409. The van der Waals surface area contributed by atoms with Gasteiger partial charge in [0.2, 0.25) is 5.91 Å². The molecule has 0 radical (unpaired) electrons. The summed E-state index contributed by atoms with van der Waals surface area (Å²) in [6.45, 7) is 1.14. The van der Waals surface area contributed by atoms with Crippen LogP contribution in [0.2, 0.25) is 0 Å². The van der Waals surface area contributed by atoms with E-state index >= 15 is 0 Å². The molecular weight excluding hydrogens is 150 g/mol. The molecule has 0 saturated carbocycles. The van der Waals surface area contributed by atoms with Gasteiger partial charge in [0, 0.05) is 0 Å². The summed E-state index contributed by atoms with van der Waals surface area (Å²) in [6.07, 6.45) is 0. The van der Waals surface area contributed by atoms with Crippen molar-refractivity contribution in [2.24, 2.45) is 11.5 Å². The van der Waals surface area contributed by atoms with Crippen molar-refractivity contribution in [3.05, 3.63) is 0 Å². The number of rotatable bonds is 4. The largest absolute Gasteiger partial charge is 0.368 e. The minimum absolute atomic E-state index is 0.349. The molecule has 1 atom stereocenters. The van der Waals surface area contributed by atoms with E-state index in [4.69, 9.17) is 11.5 Å². The van der Waals surface area contributed by atoms with Crippen LogP contribution < -0.4 is 16.9 Å². The first-order chi connectivity index (χ1) is 5.04. The molecule has 64 valence electrons. The Hall–Kier alpha value is -1.14. The number of carbonyl (C=O) groups excluding carboxylic acids is 2. The summed E-state index contributed by atoms with van der Waals surface area (Å²) < 4.78 is 0. The van der Waals surface area contributed by atoms with Crippen molar-refractivity contribution in [1.29, 1.82) is 0 Å². The molecule has 0 aliphatic heterocycles. The highest BCUT2D eigenvalue weighted by Gasteiger charge is 2.06. The van der Waals surface area contributed by atoms with Crippen LogP contribution in [0, 0.1) is 0 Å². The van der Waals surface area contributed by atoms with Crippen LogP contribution in [0.3, 0.4) is 0 Å². The molecule has 0 heterocycles. The molecule has 0 fully saturated rings. The van der Waals surface area contributed by atoms with Gasteiger partial charge in [0.25, 0.3) is 5.91 Å². The molecule has 5 N–H and O–H groups in total. The second-order valence-corrected chi connectivity index (χ2v) is 2.01. The average molecular weight is 161 g/mol. The summed E-state index contributed by atoms with van der Waals surface area (Å²) in [6, 6.07) is -0.664. The van der Waals surface area contributed by atoms with E-state index < -0.39 is 17.9 Å². The lowest BCUT2D eigenvalue weighted by atomic mass is 10.4. The molecule has 2 amide bonds. The lowest BCUT2D eigenvalue weighted by molar-refractivity contribution is -0.138. The maximum absolute atomic E-state index is 10.6. The molecule has 0 bridgehead atoms. The Morgan fingerprint density at radius 2 is 2.18 bits per heavy atom. The van der Waals surface area contributed by atoms with Gasteiger partial charge < -0.3 is 11.5 Å². The highest BCUT2D eigenvalue weighted by Crippen LogP contribution is 1.74. The van der Waals surface area contributed by atoms with E-state index in [-0.39, 0.29) is 6.61 Å². The first kappa shape index (κ1) is 9.86. The van der Waals surface area contributed by atoms with Crippen LogP contribution >= 0.6 is 0 Å². The number of hydrogen-bond acceptors (Lipinski definition) is 4. The highest BCUT2D eigenvalue weighted by atomic mass is 16.7. The van der Waals surface area contributed by atoms with Crippen LogP contribution in [0.4, 0.5) is 0 Å². The summed E-state index contributed by atoms with van der Waals surface area (Å²) in [7, 11) is 0. The van der Waals surface area contributed by atoms with Gasteiger partial charge in [-0.15, -0.1) is 0 Å². The van der Waals surface area contributed by atoms with Crippen LogP contribution in [0.15, 0.2) is 0 Å². The zero-order chi connectivity index (χ0) is 8.85. The monoisotopic (exact) mass is 161 g/mol. The van der Waals surface area contributed by atoms with Crippen LogP contribution in [0.1, 0.15) is 6.92 Å². The van der Waals surface area contributed by atoms with E-state index in [0.29, 0.717) is 0 Å². The second-order valence-electron chi connectivity index (χ2n) is 2.01. The van der Waals surface area contributed by atoms with Crippen molar-refractivity contribution in [2.45, 2.75) is 13.0 Å². The third-order valence-electron chi connectivity index (χ3n) is 0.801. The van der Waals surface area contributed by atoms with E-state index in [1.807, 2.05) is 5.48 Å². The summed E-state index contributed by atoms with van der Waals surface area (Å²) in [5, 5.41) is 0. The van der Waals surface area contributed by atoms with Crippen LogP contribution in [0.5, 0.6) is 0 Å². The fourth-order valence-corrected chi connectivity index (χ4v) is 0.271. The summed E-state index contributed by atoms with van der Waals surface area (Å²) in [5.74, 6) is -1.15. The number of nitrogens with two attached hydrogens (primary N) is 2. The van der Waals surface area contributed by atoms with E-state index in [1.165, 1.54) is 6.92 Å². The van der Waals surface area contributed by atoms with Crippen molar-refractivity contribution in [3.8, 4) is 0 Å². The molecule has 0 aliphatic rings. The third kappa shape index (κ3) is 5.31. The summed E-state index contributed by atoms with van der Waals surface area (Å²) in [5.41, 5.74) is 11.8. The SMILES string of the molecule is CC(N)C(=O)NOCC(N)=O. The highest BCUT2D eigenvalue weighted by molar-refractivity contribution is 5.80. The van der Waals surface area contributed by atoms with Crippen molar-refractivity contribution < 1.29 is 14.4 Å². The van der Waals surface area contributed by atoms with Crippen molar-refractivity contribution in [2.75, 3.05) is 6.61 Å². The Labute approximate surface area is 63.8 Å². The van der Waals surface area contributed by atoms with E-state index in [0.717, 1.165) is 0 Å². The maximum atomic E-state index is 10.6. The van der Waals surface area contributed by atoms with Crippen molar-refractivity contribution in [3.63, 3.8) is 0 Å². The van der Waals surface area contributed by atoms with Crippen LogP contribution in [0.25, 0.3) is 0 Å². The molecule has 11 heavy (non-hydrogen) atoms. The molecule has 0 spiro atoms. The second kappa shape index (κ2) is 4.64. The number of carbonyl (C=O) groups is 2. The molecule has 0 aromatic rings. The topological polar surface area (TPSA) is 107 Å². The lowest BCUT2D eigenvalue weighted by Crippen LogP contribution is -2.39. The average Bonchev–Trinajstić information content (AvgIpc) is 1.86. The number of primary amides is 1. The van der Waals surface area contributed by atoms with E-state index in [9.17, 15) is 9.59 Å². The van der Waals surface area contributed by atoms with Gasteiger partial charge in [0.15, 0.2) is 6.61 Å². The van der Waals surface area contributed by atoms with Gasteiger partial charge in [0.05, 0.1) is 6.04 Å². The summed E-state index contributed by atoms with van der Waals surface area (Å²) >= 11 is 0. The zero-order valence-corrected chi connectivity index (χ0v) is 6.16. The first-order valence-electron chi connectivity index (χ1n) is 2.99. The van der Waals surface area contributed by atoms with E-state index in [2.05, 4.69) is 4.84 Å². The zero-order valence-electron chi connectivity index (χ0n) is 6.16. The van der Waals surface area contributed by atoms with Gasteiger partial charge >= 0.3 is 0 Å². The Kier molecular flexibility index (Phi) is 4.16. The molecule has 0 saturated heterocycles. The lowest BCUT2D eigenvalue weighted by Gasteiger charge is -2.05. The number of amides is 2. The van der Waals surface area contributed by atoms with Gasteiger partial charge in [-0.1, -0.05) is 0 Å². The van der Waals surface area contributed by atoms with Crippen molar-refractivity contribution >= 4 is 11.8 Å². The Morgan fingerprint density at radius 3 is 2.55 bits per heavy atom. The third-order valence-corrected chi connectivity index (χ3v) is 0.801. The van der Waals surface area contributed by atoms with Gasteiger partial charge in [-0.2, -0.15) is 0 Å². The fraction of sp³-hybridized carbons (Fsp3) is 0.600. The molecule has 0 aromatic carbocycles. The Bertz CT molecular complexity index is 157.